The van der Waals surface area contributed by atoms with Crippen molar-refractivity contribution < 1.29 is 9.53 Å². The van der Waals surface area contributed by atoms with E-state index < -0.39 is 5.60 Å². The predicted octanol–water partition coefficient (Wildman–Crippen LogP) is 2.21. The van der Waals surface area contributed by atoms with Gasteiger partial charge in [0.2, 0.25) is 0 Å². The van der Waals surface area contributed by atoms with Gasteiger partial charge in [0.15, 0.2) is 5.60 Å². The van der Waals surface area contributed by atoms with Crippen LogP contribution in [0.1, 0.15) is 46.5 Å². The molecular formula is C14H23NO2. The molecular weight excluding hydrogens is 214 g/mol. The molecule has 17 heavy (non-hydrogen) atoms. The maximum atomic E-state index is 11.0. The number of rotatable bonds is 3. The first-order valence-electron chi connectivity index (χ1n) is 6.48. The lowest BCUT2D eigenvalue weighted by molar-refractivity contribution is -0.150. The van der Waals surface area contributed by atoms with Crippen LogP contribution in [0.15, 0.2) is 0 Å². The van der Waals surface area contributed by atoms with E-state index in [4.69, 9.17) is 4.74 Å². The van der Waals surface area contributed by atoms with Crippen molar-refractivity contribution in [1.29, 1.82) is 0 Å². The maximum Gasteiger partial charge on any atom is 0.304 e. The largest absolute Gasteiger partial charge is 0.446 e. The number of hydrogen-bond donors (Lipinski definition) is 0. The molecule has 0 amide bonds. The molecule has 3 heteroatoms. The first-order valence-corrected chi connectivity index (χ1v) is 6.48. The fourth-order valence-corrected chi connectivity index (χ4v) is 1.96. The monoisotopic (exact) mass is 237 g/mol. The number of carbonyl (C=O) groups is 1. The van der Waals surface area contributed by atoms with E-state index in [0.717, 1.165) is 26.1 Å². The third-order valence-electron chi connectivity index (χ3n) is 3.15. The standard InChI is InChI=1S/C14H23NO2/c1-4-14(3,17-13(2)16)9-8-12-15-10-6-5-7-11-15/h4-7,10-12H2,1-3H3/t14-/m0/s1. The molecule has 0 bridgehead atoms. The SMILES string of the molecule is CC[C@@](C)(C#CCN1CCCCC1)OC(C)=O. The Hall–Kier alpha value is -1.01. The van der Waals surface area contributed by atoms with Crippen molar-refractivity contribution in [3.8, 4) is 11.8 Å². The number of carbonyl (C=O) groups excluding carboxylic acids is 1. The van der Waals surface area contributed by atoms with E-state index in [0.29, 0.717) is 0 Å². The van der Waals surface area contributed by atoms with Crippen molar-refractivity contribution >= 4 is 5.97 Å². The normalized spacial score (nSPS) is 19.9. The zero-order chi connectivity index (χ0) is 12.7. The van der Waals surface area contributed by atoms with Crippen LogP contribution in [0.25, 0.3) is 0 Å². The average Bonchev–Trinajstić information content (AvgIpc) is 2.29. The molecule has 0 unspecified atom stereocenters. The van der Waals surface area contributed by atoms with Crippen LogP contribution in [0.5, 0.6) is 0 Å². The van der Waals surface area contributed by atoms with Crippen LogP contribution in [-0.2, 0) is 9.53 Å². The van der Waals surface area contributed by atoms with Crippen molar-refractivity contribution in [1.82, 2.24) is 4.90 Å². The molecule has 1 heterocycles. The molecule has 1 rings (SSSR count). The molecule has 1 aliphatic heterocycles. The summed E-state index contributed by atoms with van der Waals surface area (Å²) in [5.74, 6) is 5.98. The minimum atomic E-state index is -0.623. The molecule has 0 aromatic rings. The third-order valence-corrected chi connectivity index (χ3v) is 3.15. The van der Waals surface area contributed by atoms with Crippen LogP contribution in [0, 0.1) is 11.8 Å². The summed E-state index contributed by atoms with van der Waals surface area (Å²) in [6, 6.07) is 0. The quantitative estimate of drug-likeness (QED) is 0.557. The molecule has 1 saturated heterocycles. The maximum absolute atomic E-state index is 11.0. The summed E-state index contributed by atoms with van der Waals surface area (Å²) in [7, 11) is 0. The summed E-state index contributed by atoms with van der Waals surface area (Å²) in [5, 5.41) is 0. The van der Waals surface area contributed by atoms with Crippen LogP contribution < -0.4 is 0 Å². The number of hydrogen-bond acceptors (Lipinski definition) is 3. The van der Waals surface area contributed by atoms with E-state index >= 15 is 0 Å². The molecule has 0 N–H and O–H groups in total. The van der Waals surface area contributed by atoms with Gasteiger partial charge in [-0.15, -0.1) is 0 Å². The number of ether oxygens (including phenoxy) is 1. The first-order chi connectivity index (χ1) is 8.06. The number of nitrogens with zero attached hydrogens (tertiary/aromatic N) is 1. The van der Waals surface area contributed by atoms with Crippen molar-refractivity contribution in [3.63, 3.8) is 0 Å². The zero-order valence-corrected chi connectivity index (χ0v) is 11.2. The Morgan fingerprint density at radius 3 is 2.53 bits per heavy atom. The molecule has 0 spiro atoms. The van der Waals surface area contributed by atoms with Gasteiger partial charge in [-0.1, -0.05) is 25.2 Å². The second-order valence-electron chi connectivity index (χ2n) is 4.82. The summed E-state index contributed by atoms with van der Waals surface area (Å²) >= 11 is 0. The highest BCUT2D eigenvalue weighted by atomic mass is 16.6. The van der Waals surface area contributed by atoms with Crippen molar-refractivity contribution in [2.24, 2.45) is 0 Å². The number of piperidine rings is 1. The van der Waals surface area contributed by atoms with Crippen molar-refractivity contribution in [2.75, 3.05) is 19.6 Å². The molecule has 1 aliphatic rings. The Bertz CT molecular complexity index is 310. The smallest absolute Gasteiger partial charge is 0.304 e. The van der Waals surface area contributed by atoms with E-state index in [9.17, 15) is 4.79 Å². The Morgan fingerprint density at radius 1 is 1.35 bits per heavy atom. The van der Waals surface area contributed by atoms with Crippen LogP contribution in [0.3, 0.4) is 0 Å². The predicted molar refractivity (Wildman–Crippen MR) is 68.5 cm³/mol. The van der Waals surface area contributed by atoms with E-state index in [-0.39, 0.29) is 5.97 Å². The van der Waals surface area contributed by atoms with Gasteiger partial charge in [0, 0.05) is 6.92 Å². The lowest BCUT2D eigenvalue weighted by Crippen LogP contribution is -2.31. The third kappa shape index (κ3) is 5.23. The fraction of sp³-hybridized carbons (Fsp3) is 0.786. The molecule has 1 fully saturated rings. The Balaban J connectivity index is 2.46. The highest BCUT2D eigenvalue weighted by Crippen LogP contribution is 2.14. The highest BCUT2D eigenvalue weighted by Gasteiger charge is 2.22. The minimum Gasteiger partial charge on any atom is -0.446 e. The van der Waals surface area contributed by atoms with Crippen LogP contribution >= 0.6 is 0 Å². The Labute approximate surface area is 105 Å². The molecule has 0 saturated carbocycles. The summed E-state index contributed by atoms with van der Waals surface area (Å²) in [5.41, 5.74) is -0.623. The molecule has 96 valence electrons. The Kier molecular flexibility index (Phi) is 5.50. The summed E-state index contributed by atoms with van der Waals surface area (Å²) in [6.45, 7) is 8.36. The van der Waals surface area contributed by atoms with Gasteiger partial charge in [0.25, 0.3) is 0 Å². The molecule has 3 nitrogen and oxygen atoms in total. The van der Waals surface area contributed by atoms with Gasteiger partial charge in [-0.05, 0) is 39.3 Å². The minimum absolute atomic E-state index is 0.262. The Morgan fingerprint density at radius 2 is 2.00 bits per heavy atom. The molecule has 1 atom stereocenters. The van der Waals surface area contributed by atoms with Gasteiger partial charge in [-0.3, -0.25) is 9.69 Å². The van der Waals surface area contributed by atoms with Gasteiger partial charge in [0.05, 0.1) is 6.54 Å². The summed E-state index contributed by atoms with van der Waals surface area (Å²) in [4.78, 5) is 13.3. The van der Waals surface area contributed by atoms with E-state index in [2.05, 4.69) is 16.7 Å². The summed E-state index contributed by atoms with van der Waals surface area (Å²) in [6.07, 6.45) is 4.61. The van der Waals surface area contributed by atoms with Crippen molar-refractivity contribution in [2.45, 2.75) is 52.1 Å². The van der Waals surface area contributed by atoms with Gasteiger partial charge in [0.1, 0.15) is 0 Å². The van der Waals surface area contributed by atoms with E-state index in [1.807, 2.05) is 13.8 Å². The molecule has 0 aliphatic carbocycles. The van der Waals surface area contributed by atoms with Crippen LogP contribution in [0.4, 0.5) is 0 Å². The first kappa shape index (κ1) is 14.1. The van der Waals surface area contributed by atoms with E-state index in [1.54, 1.807) is 0 Å². The molecule has 0 aromatic heterocycles. The number of esters is 1. The topological polar surface area (TPSA) is 29.5 Å². The van der Waals surface area contributed by atoms with E-state index in [1.165, 1.54) is 26.2 Å². The van der Waals surface area contributed by atoms with Crippen LogP contribution in [-0.4, -0.2) is 36.1 Å². The molecule has 0 aromatic carbocycles. The lowest BCUT2D eigenvalue weighted by Gasteiger charge is -2.25. The molecule has 0 radical (unpaired) electrons. The van der Waals surface area contributed by atoms with Gasteiger partial charge in [-0.2, -0.15) is 0 Å². The van der Waals surface area contributed by atoms with Gasteiger partial charge < -0.3 is 4.74 Å². The second-order valence-corrected chi connectivity index (χ2v) is 4.82. The second kappa shape index (κ2) is 6.66. The van der Waals surface area contributed by atoms with Gasteiger partial charge >= 0.3 is 5.97 Å². The highest BCUT2D eigenvalue weighted by molar-refractivity contribution is 5.67. The lowest BCUT2D eigenvalue weighted by atomic mass is 10.0. The fourth-order valence-electron chi connectivity index (χ4n) is 1.96. The van der Waals surface area contributed by atoms with Crippen molar-refractivity contribution in [3.05, 3.63) is 0 Å². The van der Waals surface area contributed by atoms with Gasteiger partial charge in [-0.25, -0.2) is 0 Å². The zero-order valence-electron chi connectivity index (χ0n) is 11.2. The number of likely N-dealkylation sites (tertiary alicyclic amines) is 1. The average molecular weight is 237 g/mol. The van der Waals surface area contributed by atoms with Crippen LogP contribution in [0.2, 0.25) is 0 Å². The summed E-state index contributed by atoms with van der Waals surface area (Å²) < 4.78 is 5.25.